The molecule has 1 atom stereocenters. The Hall–Kier alpha value is -1.55. The molecule has 4 N–H and O–H groups in total. The molecule has 0 aliphatic heterocycles. The van der Waals surface area contributed by atoms with Crippen molar-refractivity contribution >= 4 is 5.97 Å². The van der Waals surface area contributed by atoms with Crippen LogP contribution in [0, 0.1) is 0 Å². The number of carboxylic acid groups (broad SMARTS) is 1. The smallest absolute Gasteiger partial charge is 0.339 e. The van der Waals surface area contributed by atoms with Crippen LogP contribution >= 0.6 is 0 Å². The van der Waals surface area contributed by atoms with Gasteiger partial charge in [-0.25, -0.2) is 4.79 Å². The number of aromatic carboxylic acids is 1. The second-order valence-electron chi connectivity index (χ2n) is 3.57. The van der Waals surface area contributed by atoms with Crippen molar-refractivity contribution in [2.45, 2.75) is 18.9 Å². The van der Waals surface area contributed by atoms with Gasteiger partial charge >= 0.3 is 5.97 Å². The summed E-state index contributed by atoms with van der Waals surface area (Å²) >= 11 is 0. The third-order valence-electron chi connectivity index (χ3n) is 2.56. The van der Waals surface area contributed by atoms with Gasteiger partial charge < -0.3 is 15.9 Å². The van der Waals surface area contributed by atoms with Gasteiger partial charge in [0, 0.05) is 6.04 Å². The van der Waals surface area contributed by atoms with Gasteiger partial charge in [0.15, 0.2) is 0 Å². The van der Waals surface area contributed by atoms with Gasteiger partial charge in [0.25, 0.3) is 0 Å². The summed E-state index contributed by atoms with van der Waals surface area (Å²) < 4.78 is 0. The molecule has 0 heterocycles. The number of nitrogens with two attached hydrogens (primary N) is 1. The summed E-state index contributed by atoms with van der Waals surface area (Å²) in [6.45, 7) is 0. The predicted octanol–water partition coefficient (Wildman–Crippen LogP) is 0.516. The van der Waals surface area contributed by atoms with Crippen LogP contribution in [0.3, 0.4) is 0 Å². The van der Waals surface area contributed by atoms with Crippen molar-refractivity contribution in [3.05, 3.63) is 28.8 Å². The third-order valence-corrected chi connectivity index (χ3v) is 2.56. The van der Waals surface area contributed by atoms with Crippen LogP contribution in [-0.2, 0) is 12.8 Å². The number of aromatic hydroxyl groups is 1. The van der Waals surface area contributed by atoms with Gasteiger partial charge in [-0.2, -0.15) is 0 Å². The number of rotatable bonds is 1. The molecular formula is C10H11NO3. The van der Waals surface area contributed by atoms with E-state index < -0.39 is 5.97 Å². The molecule has 4 nitrogen and oxygen atoms in total. The predicted molar refractivity (Wildman–Crippen MR) is 50.4 cm³/mol. The highest BCUT2D eigenvalue weighted by Gasteiger charge is 2.24. The Kier molecular flexibility index (Phi) is 1.93. The molecule has 1 aromatic carbocycles. The van der Waals surface area contributed by atoms with Crippen LogP contribution in [0.5, 0.6) is 5.75 Å². The first-order chi connectivity index (χ1) is 6.59. The van der Waals surface area contributed by atoms with Crippen LogP contribution in [-0.4, -0.2) is 22.2 Å². The molecule has 1 unspecified atom stereocenters. The van der Waals surface area contributed by atoms with Crippen molar-refractivity contribution in [1.82, 2.24) is 0 Å². The van der Waals surface area contributed by atoms with E-state index in [0.29, 0.717) is 18.4 Å². The Morgan fingerprint density at radius 1 is 1.43 bits per heavy atom. The fourth-order valence-electron chi connectivity index (χ4n) is 1.89. The van der Waals surface area contributed by atoms with Crippen molar-refractivity contribution in [2.75, 3.05) is 0 Å². The number of carboxylic acids is 1. The first-order valence-electron chi connectivity index (χ1n) is 4.42. The van der Waals surface area contributed by atoms with Gasteiger partial charge in [-0.05, 0) is 30.0 Å². The lowest BCUT2D eigenvalue weighted by molar-refractivity contribution is 0.0693. The fourth-order valence-corrected chi connectivity index (χ4v) is 1.89. The van der Waals surface area contributed by atoms with Gasteiger partial charge in [0.1, 0.15) is 11.3 Å². The van der Waals surface area contributed by atoms with E-state index in [4.69, 9.17) is 10.8 Å². The van der Waals surface area contributed by atoms with E-state index in [1.165, 1.54) is 6.07 Å². The summed E-state index contributed by atoms with van der Waals surface area (Å²) in [5.74, 6) is -1.23. The van der Waals surface area contributed by atoms with E-state index >= 15 is 0 Å². The molecule has 0 saturated carbocycles. The SMILES string of the molecule is NC1Cc2ccc(C(=O)O)c(O)c2C1. The van der Waals surface area contributed by atoms with Crippen molar-refractivity contribution in [2.24, 2.45) is 5.73 Å². The number of benzene rings is 1. The van der Waals surface area contributed by atoms with Crippen LogP contribution in [0.2, 0.25) is 0 Å². The molecule has 74 valence electrons. The Morgan fingerprint density at radius 3 is 2.79 bits per heavy atom. The summed E-state index contributed by atoms with van der Waals surface area (Å²) in [4.78, 5) is 10.7. The van der Waals surface area contributed by atoms with Gasteiger partial charge in [-0.1, -0.05) is 6.07 Å². The molecule has 0 fully saturated rings. The highest BCUT2D eigenvalue weighted by Crippen LogP contribution is 2.32. The molecular weight excluding hydrogens is 182 g/mol. The van der Waals surface area contributed by atoms with Crippen molar-refractivity contribution < 1.29 is 15.0 Å². The summed E-state index contributed by atoms with van der Waals surface area (Å²) in [5.41, 5.74) is 7.33. The summed E-state index contributed by atoms with van der Waals surface area (Å²) in [6.07, 6.45) is 1.27. The van der Waals surface area contributed by atoms with Crippen LogP contribution in [0.1, 0.15) is 21.5 Å². The monoisotopic (exact) mass is 193 g/mol. The van der Waals surface area contributed by atoms with Crippen LogP contribution in [0.25, 0.3) is 0 Å². The molecule has 0 aromatic heterocycles. The zero-order chi connectivity index (χ0) is 10.3. The molecule has 1 aromatic rings. The molecule has 4 heteroatoms. The molecule has 0 saturated heterocycles. The highest BCUT2D eigenvalue weighted by atomic mass is 16.4. The topological polar surface area (TPSA) is 83.6 Å². The average Bonchev–Trinajstić information content (AvgIpc) is 2.46. The minimum atomic E-state index is -1.11. The maximum Gasteiger partial charge on any atom is 0.339 e. The molecule has 2 rings (SSSR count). The second-order valence-corrected chi connectivity index (χ2v) is 3.57. The van der Waals surface area contributed by atoms with E-state index in [2.05, 4.69) is 0 Å². The fraction of sp³-hybridized carbons (Fsp3) is 0.300. The van der Waals surface area contributed by atoms with Gasteiger partial charge in [-0.15, -0.1) is 0 Å². The lowest BCUT2D eigenvalue weighted by Gasteiger charge is -2.05. The molecule has 1 aliphatic rings. The minimum absolute atomic E-state index is 0.0000510. The number of hydrogen-bond acceptors (Lipinski definition) is 3. The number of carbonyl (C=O) groups is 1. The van der Waals surface area contributed by atoms with Crippen molar-refractivity contribution in [3.63, 3.8) is 0 Å². The maximum absolute atomic E-state index is 10.7. The van der Waals surface area contributed by atoms with Gasteiger partial charge in [-0.3, -0.25) is 0 Å². The summed E-state index contributed by atoms with van der Waals surface area (Å²) in [7, 11) is 0. The highest BCUT2D eigenvalue weighted by molar-refractivity contribution is 5.91. The van der Waals surface area contributed by atoms with E-state index in [1.807, 2.05) is 0 Å². The zero-order valence-corrected chi connectivity index (χ0v) is 7.53. The van der Waals surface area contributed by atoms with E-state index in [0.717, 1.165) is 5.56 Å². The van der Waals surface area contributed by atoms with Crippen LogP contribution in [0.15, 0.2) is 12.1 Å². The van der Waals surface area contributed by atoms with E-state index in [-0.39, 0.29) is 17.4 Å². The molecule has 0 radical (unpaired) electrons. The normalized spacial score (nSPS) is 19.4. The average molecular weight is 193 g/mol. The molecule has 0 amide bonds. The lowest BCUT2D eigenvalue weighted by Crippen LogP contribution is -2.19. The quantitative estimate of drug-likeness (QED) is 0.607. The number of phenols is 1. The Labute approximate surface area is 81.0 Å². The number of fused-ring (bicyclic) bond motifs is 1. The third kappa shape index (κ3) is 1.24. The number of hydrogen-bond donors (Lipinski definition) is 3. The van der Waals surface area contributed by atoms with Crippen molar-refractivity contribution in [1.29, 1.82) is 0 Å². The Bertz CT molecular complexity index is 401. The van der Waals surface area contributed by atoms with Crippen LogP contribution < -0.4 is 5.73 Å². The molecule has 0 spiro atoms. The molecule has 14 heavy (non-hydrogen) atoms. The van der Waals surface area contributed by atoms with Crippen LogP contribution in [0.4, 0.5) is 0 Å². The van der Waals surface area contributed by atoms with E-state index in [9.17, 15) is 9.90 Å². The van der Waals surface area contributed by atoms with Gasteiger partial charge in [0.05, 0.1) is 0 Å². The Balaban J connectivity index is 2.53. The first kappa shape index (κ1) is 9.02. The van der Waals surface area contributed by atoms with Crippen molar-refractivity contribution in [3.8, 4) is 5.75 Å². The Morgan fingerprint density at radius 2 is 2.14 bits per heavy atom. The second kappa shape index (κ2) is 2.99. The lowest BCUT2D eigenvalue weighted by atomic mass is 10.0. The minimum Gasteiger partial charge on any atom is -0.507 e. The molecule has 0 bridgehead atoms. The van der Waals surface area contributed by atoms with E-state index in [1.54, 1.807) is 6.07 Å². The zero-order valence-electron chi connectivity index (χ0n) is 7.53. The standard InChI is InChI=1S/C10H11NO3/c11-6-3-5-1-2-7(10(13)14)9(12)8(5)4-6/h1-2,6,12H,3-4,11H2,(H,13,14). The first-order valence-corrected chi connectivity index (χ1v) is 4.42. The largest absolute Gasteiger partial charge is 0.507 e. The molecule has 1 aliphatic carbocycles. The van der Waals surface area contributed by atoms with Gasteiger partial charge in [0.2, 0.25) is 0 Å². The maximum atomic E-state index is 10.7. The summed E-state index contributed by atoms with van der Waals surface area (Å²) in [6, 6.07) is 3.15. The summed E-state index contributed by atoms with van der Waals surface area (Å²) in [5, 5.41) is 18.4.